The van der Waals surface area contributed by atoms with Crippen molar-refractivity contribution in [2.45, 2.75) is 38.8 Å². The highest BCUT2D eigenvalue weighted by Crippen LogP contribution is 2.12. The van der Waals surface area contributed by atoms with E-state index >= 15 is 0 Å². The van der Waals surface area contributed by atoms with Crippen molar-refractivity contribution in [2.24, 2.45) is 11.7 Å². The summed E-state index contributed by atoms with van der Waals surface area (Å²) in [6.07, 6.45) is 0.752. The third-order valence-electron chi connectivity index (χ3n) is 2.78. The lowest BCUT2D eigenvalue weighted by molar-refractivity contribution is -0.131. The van der Waals surface area contributed by atoms with Crippen molar-refractivity contribution in [2.75, 3.05) is 13.1 Å². The Morgan fingerprint density at radius 1 is 1.64 bits per heavy atom. The molecule has 0 aromatic rings. The van der Waals surface area contributed by atoms with Gasteiger partial charge in [-0.05, 0) is 12.3 Å². The van der Waals surface area contributed by atoms with E-state index < -0.39 is 0 Å². The SMILES string of the molecule is CC(C)C(N)CC(=O)N1CCC(O)C1. The number of amides is 1. The van der Waals surface area contributed by atoms with E-state index in [1.54, 1.807) is 4.90 Å². The van der Waals surface area contributed by atoms with E-state index in [9.17, 15) is 9.90 Å². The van der Waals surface area contributed by atoms with Crippen molar-refractivity contribution < 1.29 is 9.90 Å². The van der Waals surface area contributed by atoms with Gasteiger partial charge in [0.2, 0.25) is 5.91 Å². The second kappa shape index (κ2) is 4.75. The first-order valence-corrected chi connectivity index (χ1v) is 5.22. The molecule has 14 heavy (non-hydrogen) atoms. The van der Waals surface area contributed by atoms with Gasteiger partial charge >= 0.3 is 0 Å². The van der Waals surface area contributed by atoms with Crippen LogP contribution in [0, 0.1) is 5.92 Å². The van der Waals surface area contributed by atoms with Crippen LogP contribution in [0.5, 0.6) is 0 Å². The zero-order valence-electron chi connectivity index (χ0n) is 8.94. The summed E-state index contributed by atoms with van der Waals surface area (Å²) in [5, 5.41) is 9.27. The fraction of sp³-hybridized carbons (Fsp3) is 0.900. The highest BCUT2D eigenvalue weighted by molar-refractivity contribution is 5.77. The Labute approximate surface area is 85.1 Å². The number of nitrogens with zero attached hydrogens (tertiary/aromatic N) is 1. The minimum Gasteiger partial charge on any atom is -0.391 e. The van der Waals surface area contributed by atoms with E-state index in [4.69, 9.17) is 5.73 Å². The standard InChI is InChI=1S/C10H20N2O2/c1-7(2)9(11)5-10(14)12-4-3-8(13)6-12/h7-9,13H,3-6,11H2,1-2H3. The highest BCUT2D eigenvalue weighted by Gasteiger charge is 2.25. The topological polar surface area (TPSA) is 66.6 Å². The zero-order valence-corrected chi connectivity index (χ0v) is 8.94. The summed E-state index contributed by atoms with van der Waals surface area (Å²) in [4.78, 5) is 13.3. The molecule has 0 bridgehead atoms. The van der Waals surface area contributed by atoms with Crippen LogP contribution in [0.3, 0.4) is 0 Å². The maximum atomic E-state index is 11.6. The maximum absolute atomic E-state index is 11.6. The van der Waals surface area contributed by atoms with Gasteiger partial charge in [0.05, 0.1) is 6.10 Å². The van der Waals surface area contributed by atoms with Crippen molar-refractivity contribution in [3.8, 4) is 0 Å². The molecular weight excluding hydrogens is 180 g/mol. The van der Waals surface area contributed by atoms with Gasteiger partial charge in [-0.1, -0.05) is 13.8 Å². The number of carbonyl (C=O) groups is 1. The van der Waals surface area contributed by atoms with Gasteiger partial charge in [-0.25, -0.2) is 0 Å². The molecule has 0 saturated carbocycles. The van der Waals surface area contributed by atoms with Crippen LogP contribution < -0.4 is 5.73 Å². The van der Waals surface area contributed by atoms with Crippen LogP contribution in [-0.2, 0) is 4.79 Å². The van der Waals surface area contributed by atoms with E-state index in [1.165, 1.54) is 0 Å². The lowest BCUT2D eigenvalue weighted by Crippen LogP contribution is -2.37. The molecule has 4 nitrogen and oxygen atoms in total. The van der Waals surface area contributed by atoms with Crippen LogP contribution in [-0.4, -0.2) is 41.1 Å². The molecule has 1 aliphatic heterocycles. The number of rotatable bonds is 3. The quantitative estimate of drug-likeness (QED) is 0.671. The van der Waals surface area contributed by atoms with Crippen LogP contribution >= 0.6 is 0 Å². The number of β-amino-alcohol motifs (C(OH)–C–C–N with tert-alkyl or cyclic N) is 1. The first-order chi connectivity index (χ1) is 6.50. The summed E-state index contributed by atoms with van der Waals surface area (Å²) in [5.41, 5.74) is 5.81. The number of hydrogen-bond acceptors (Lipinski definition) is 3. The van der Waals surface area contributed by atoms with Crippen LogP contribution in [0.2, 0.25) is 0 Å². The number of aliphatic hydroxyl groups is 1. The van der Waals surface area contributed by atoms with E-state index in [0.717, 1.165) is 0 Å². The van der Waals surface area contributed by atoms with E-state index in [0.29, 0.717) is 31.8 Å². The lowest BCUT2D eigenvalue weighted by atomic mass is 10.0. The van der Waals surface area contributed by atoms with Gasteiger partial charge in [-0.3, -0.25) is 4.79 Å². The van der Waals surface area contributed by atoms with Crippen molar-refractivity contribution in [1.82, 2.24) is 4.90 Å². The van der Waals surface area contributed by atoms with Crippen molar-refractivity contribution >= 4 is 5.91 Å². The van der Waals surface area contributed by atoms with Gasteiger partial charge in [0.25, 0.3) is 0 Å². The molecule has 1 aliphatic rings. The molecular formula is C10H20N2O2. The zero-order chi connectivity index (χ0) is 10.7. The molecule has 82 valence electrons. The number of nitrogens with two attached hydrogens (primary N) is 1. The van der Waals surface area contributed by atoms with Crippen LogP contribution in [0.15, 0.2) is 0 Å². The Kier molecular flexibility index (Phi) is 3.89. The molecule has 1 saturated heterocycles. The third kappa shape index (κ3) is 2.96. The van der Waals surface area contributed by atoms with E-state index in [2.05, 4.69) is 0 Å². The summed E-state index contributed by atoms with van der Waals surface area (Å²) in [6, 6.07) is -0.0692. The second-order valence-electron chi connectivity index (χ2n) is 4.39. The van der Waals surface area contributed by atoms with Crippen LogP contribution in [0.25, 0.3) is 0 Å². The van der Waals surface area contributed by atoms with Gasteiger partial charge in [-0.15, -0.1) is 0 Å². The third-order valence-corrected chi connectivity index (χ3v) is 2.78. The monoisotopic (exact) mass is 200 g/mol. The Morgan fingerprint density at radius 3 is 2.71 bits per heavy atom. The Morgan fingerprint density at radius 2 is 2.29 bits per heavy atom. The normalized spacial score (nSPS) is 24.4. The number of carbonyl (C=O) groups excluding carboxylic acids is 1. The predicted molar refractivity (Wildman–Crippen MR) is 54.6 cm³/mol. The summed E-state index contributed by atoms with van der Waals surface area (Å²) >= 11 is 0. The summed E-state index contributed by atoms with van der Waals surface area (Å²) in [6.45, 7) is 5.17. The Bertz CT molecular complexity index is 206. The molecule has 1 amide bonds. The largest absolute Gasteiger partial charge is 0.391 e. The van der Waals surface area contributed by atoms with E-state index in [1.807, 2.05) is 13.8 Å². The molecule has 2 unspecified atom stereocenters. The smallest absolute Gasteiger partial charge is 0.224 e. The van der Waals surface area contributed by atoms with Crippen LogP contribution in [0.1, 0.15) is 26.7 Å². The lowest BCUT2D eigenvalue weighted by Gasteiger charge is -2.20. The van der Waals surface area contributed by atoms with Crippen molar-refractivity contribution in [3.05, 3.63) is 0 Å². The van der Waals surface area contributed by atoms with E-state index in [-0.39, 0.29) is 18.1 Å². The molecule has 1 heterocycles. The summed E-state index contributed by atoms with van der Waals surface area (Å²) < 4.78 is 0. The number of aliphatic hydroxyl groups excluding tert-OH is 1. The van der Waals surface area contributed by atoms with Gasteiger partial charge < -0.3 is 15.7 Å². The minimum absolute atomic E-state index is 0.0692. The molecule has 0 radical (unpaired) electrons. The average Bonchev–Trinajstić information content (AvgIpc) is 2.51. The van der Waals surface area contributed by atoms with Crippen molar-refractivity contribution in [3.63, 3.8) is 0 Å². The average molecular weight is 200 g/mol. The fourth-order valence-electron chi connectivity index (χ4n) is 1.53. The fourth-order valence-corrected chi connectivity index (χ4v) is 1.53. The van der Waals surface area contributed by atoms with Crippen LogP contribution in [0.4, 0.5) is 0 Å². The van der Waals surface area contributed by atoms with Gasteiger partial charge in [0.15, 0.2) is 0 Å². The molecule has 4 heteroatoms. The molecule has 1 fully saturated rings. The molecule has 2 atom stereocenters. The molecule has 0 spiro atoms. The number of likely N-dealkylation sites (tertiary alicyclic amines) is 1. The van der Waals surface area contributed by atoms with Gasteiger partial charge in [-0.2, -0.15) is 0 Å². The first-order valence-electron chi connectivity index (χ1n) is 5.22. The molecule has 1 rings (SSSR count). The van der Waals surface area contributed by atoms with Crippen molar-refractivity contribution in [1.29, 1.82) is 0 Å². The summed E-state index contributed by atoms with van der Waals surface area (Å²) in [7, 11) is 0. The Balaban J connectivity index is 2.35. The predicted octanol–water partition coefficient (Wildman–Crippen LogP) is -0.0470. The Hall–Kier alpha value is -0.610. The summed E-state index contributed by atoms with van der Waals surface area (Å²) in [5.74, 6) is 0.397. The highest BCUT2D eigenvalue weighted by atomic mass is 16.3. The first kappa shape index (κ1) is 11.5. The molecule has 0 aliphatic carbocycles. The molecule has 3 N–H and O–H groups in total. The number of hydrogen-bond donors (Lipinski definition) is 2. The molecule has 0 aromatic carbocycles. The second-order valence-corrected chi connectivity index (χ2v) is 4.39. The molecule has 0 aromatic heterocycles. The van der Waals surface area contributed by atoms with Gasteiger partial charge in [0, 0.05) is 25.6 Å². The maximum Gasteiger partial charge on any atom is 0.224 e. The minimum atomic E-state index is -0.339. The van der Waals surface area contributed by atoms with Gasteiger partial charge in [0.1, 0.15) is 0 Å².